The van der Waals surface area contributed by atoms with Gasteiger partial charge in [0.1, 0.15) is 11.5 Å². The Morgan fingerprint density at radius 1 is 0.760 bits per heavy atom. The number of hydrogen-bond donors (Lipinski definition) is 3. The minimum atomic E-state index is 0. The van der Waals surface area contributed by atoms with Crippen molar-refractivity contribution in [2.75, 3.05) is 26.2 Å². The van der Waals surface area contributed by atoms with Crippen molar-refractivity contribution in [3.63, 3.8) is 0 Å². The molecule has 4 aromatic rings. The predicted octanol–water partition coefficient (Wildman–Crippen LogP) is 8.59. The van der Waals surface area contributed by atoms with Gasteiger partial charge in [0, 0.05) is 63.5 Å². The highest BCUT2D eigenvalue weighted by Crippen LogP contribution is 2.39. The maximum atomic E-state index is 11.8. The average molecular weight is 707 g/mol. The van der Waals surface area contributed by atoms with Crippen LogP contribution >= 0.6 is 23.5 Å². The first-order valence-electron chi connectivity index (χ1n) is 16.3. The number of thioether (sulfide) groups is 2. The lowest BCUT2D eigenvalue weighted by Crippen LogP contribution is -2.27. The van der Waals surface area contributed by atoms with E-state index in [9.17, 15) is 15.0 Å². The predicted molar refractivity (Wildman–Crippen MR) is 211 cm³/mol. The molecule has 50 heavy (non-hydrogen) atoms. The fourth-order valence-electron chi connectivity index (χ4n) is 6.47. The van der Waals surface area contributed by atoms with Gasteiger partial charge in [0.2, 0.25) is 5.91 Å². The smallest absolute Gasteiger partial charge is 0.245 e. The number of fused-ring (bicyclic) bond motifs is 2. The first kappa shape index (κ1) is 37.0. The number of phenolic OH excluding ortho intramolecular Hbond substituents is 2. The Morgan fingerprint density at radius 2 is 1.28 bits per heavy atom. The van der Waals surface area contributed by atoms with Gasteiger partial charge in [-0.05, 0) is 107 Å². The lowest BCUT2D eigenvalue weighted by atomic mass is 10.0. The highest BCUT2D eigenvalue weighted by atomic mass is 32.2. The van der Waals surface area contributed by atoms with Crippen LogP contribution in [0.4, 0.5) is 0 Å². The van der Waals surface area contributed by atoms with E-state index in [-0.39, 0.29) is 26.5 Å². The Labute approximate surface area is 304 Å². The van der Waals surface area contributed by atoms with E-state index in [2.05, 4.69) is 46.1 Å². The molecular weight excluding hydrogens is 661 g/mol. The number of phenols is 2. The van der Waals surface area contributed by atoms with E-state index >= 15 is 0 Å². The summed E-state index contributed by atoms with van der Waals surface area (Å²) >= 11 is 3.80. The van der Waals surface area contributed by atoms with Crippen LogP contribution in [0.5, 0.6) is 11.5 Å². The van der Waals surface area contributed by atoms with Gasteiger partial charge >= 0.3 is 0 Å². The molecule has 3 N–H and O–H groups in total. The summed E-state index contributed by atoms with van der Waals surface area (Å²) in [5.41, 5.74) is 9.58. The quantitative estimate of drug-likeness (QED) is 0.167. The van der Waals surface area contributed by atoms with Gasteiger partial charge in [-0.15, -0.1) is 23.5 Å². The van der Waals surface area contributed by atoms with E-state index in [1.54, 1.807) is 24.3 Å². The number of aliphatic imine (C=N–C) groups is 2. The molecule has 8 rings (SSSR count). The molecule has 2 saturated heterocycles. The van der Waals surface area contributed by atoms with Crippen molar-refractivity contribution in [3.05, 3.63) is 108 Å². The molecule has 4 aromatic carbocycles. The summed E-state index contributed by atoms with van der Waals surface area (Å²) in [5.74, 6) is 0.586. The minimum Gasteiger partial charge on any atom is -0.508 e. The zero-order valence-corrected chi connectivity index (χ0v) is 28.3. The SMILES string of the molecule is C.C.C=CC(=O)N1CC[C@H](Sc2cc(-c3ccc(O)cc3)cc3c2C=NC3)C1.Oc1ccc(-c2cc3c(c(S[C@H]4CCNC4)c2)C=NC3)cc1. The standard InChI is InChI=1S/C21H20N2O2S.C18H18N2OS.2CH4/c1-2-21(25)23-8-7-18(13-23)26-20-10-15(9-16-11-22-12-19(16)20)14-3-5-17(24)6-4-14;21-15-3-1-12(2-4-15)13-7-14-9-20-11-17(14)18(8-13)22-16-5-6-19-10-16;;/h2-6,9-10,12,18,24H,1,7-8,11,13H2;1-4,7-8,11,16,19,21H,5-6,9-10H2;2*1H4/t18-;16-;;/m00../s1. The van der Waals surface area contributed by atoms with Gasteiger partial charge in [0.25, 0.3) is 0 Å². The first-order valence-corrected chi connectivity index (χ1v) is 18.1. The van der Waals surface area contributed by atoms with Crippen molar-refractivity contribution >= 4 is 41.9 Å². The Morgan fingerprint density at radius 3 is 1.76 bits per heavy atom. The maximum Gasteiger partial charge on any atom is 0.245 e. The van der Waals surface area contributed by atoms with Crippen molar-refractivity contribution in [2.45, 2.75) is 61.1 Å². The van der Waals surface area contributed by atoms with E-state index in [0.29, 0.717) is 22.8 Å². The second-order valence-electron chi connectivity index (χ2n) is 12.4. The van der Waals surface area contributed by atoms with E-state index in [0.717, 1.165) is 55.8 Å². The molecule has 0 radical (unpaired) electrons. The van der Waals surface area contributed by atoms with Crippen molar-refractivity contribution < 1.29 is 15.0 Å². The third kappa shape index (κ3) is 8.34. The van der Waals surface area contributed by atoms with Gasteiger partial charge in [0.05, 0.1) is 13.1 Å². The van der Waals surface area contributed by atoms with Crippen LogP contribution in [-0.4, -0.2) is 70.1 Å². The molecule has 0 saturated carbocycles. The van der Waals surface area contributed by atoms with Crippen LogP contribution < -0.4 is 5.32 Å². The zero-order valence-electron chi connectivity index (χ0n) is 26.6. The largest absolute Gasteiger partial charge is 0.508 e. The number of amides is 1. The van der Waals surface area contributed by atoms with Gasteiger partial charge in [-0.1, -0.05) is 45.7 Å². The molecule has 0 bridgehead atoms. The van der Waals surface area contributed by atoms with Gasteiger partial charge < -0.3 is 20.4 Å². The van der Waals surface area contributed by atoms with E-state index < -0.39 is 0 Å². The number of nitrogens with one attached hydrogen (secondary N) is 1. The van der Waals surface area contributed by atoms with Crippen LogP contribution in [0, 0.1) is 0 Å². The number of carbonyl (C=O) groups is 1. The molecule has 1 amide bonds. The molecule has 4 heterocycles. The van der Waals surface area contributed by atoms with Crippen molar-refractivity contribution in [1.29, 1.82) is 0 Å². The molecule has 4 aliphatic heterocycles. The zero-order chi connectivity index (χ0) is 33.0. The molecule has 0 aliphatic carbocycles. The van der Waals surface area contributed by atoms with E-state index in [1.807, 2.05) is 65.1 Å². The molecule has 2 fully saturated rings. The number of hydrogen-bond acceptors (Lipinski definition) is 8. The summed E-state index contributed by atoms with van der Waals surface area (Å²) in [6, 6.07) is 23.6. The van der Waals surface area contributed by atoms with Crippen LogP contribution in [0.2, 0.25) is 0 Å². The number of nitrogens with zero attached hydrogens (tertiary/aromatic N) is 3. The molecule has 260 valence electrons. The number of rotatable bonds is 7. The van der Waals surface area contributed by atoms with Gasteiger partial charge in [0.15, 0.2) is 0 Å². The number of likely N-dealkylation sites (tertiary alicyclic amines) is 1. The molecule has 4 aliphatic rings. The Hall–Kier alpha value is -4.31. The lowest BCUT2D eigenvalue weighted by molar-refractivity contribution is -0.124. The lowest BCUT2D eigenvalue weighted by Gasteiger charge is -2.16. The van der Waals surface area contributed by atoms with Gasteiger partial charge in [-0.2, -0.15) is 0 Å². The van der Waals surface area contributed by atoms with E-state index in [1.165, 1.54) is 50.1 Å². The van der Waals surface area contributed by atoms with Crippen LogP contribution in [0.3, 0.4) is 0 Å². The normalized spacial score (nSPS) is 18.0. The topological polar surface area (TPSA) is 97.5 Å². The Kier molecular flexibility index (Phi) is 12.3. The molecule has 0 aromatic heterocycles. The van der Waals surface area contributed by atoms with Crippen LogP contribution in [-0.2, 0) is 17.9 Å². The van der Waals surface area contributed by atoms with E-state index in [4.69, 9.17) is 0 Å². The number of benzene rings is 4. The molecule has 0 spiro atoms. The van der Waals surface area contributed by atoms with Crippen LogP contribution in [0.15, 0.2) is 105 Å². The average Bonchev–Trinajstić information content (AvgIpc) is 3.93. The molecule has 0 unspecified atom stereocenters. The fraction of sp³-hybridized carbons (Fsp3) is 0.293. The first-order chi connectivity index (χ1) is 23.4. The van der Waals surface area contributed by atoms with Crippen molar-refractivity contribution in [3.8, 4) is 33.8 Å². The summed E-state index contributed by atoms with van der Waals surface area (Å²) in [7, 11) is 0. The molecule has 7 nitrogen and oxygen atoms in total. The summed E-state index contributed by atoms with van der Waals surface area (Å²) in [4.78, 5) is 25.1. The summed E-state index contributed by atoms with van der Waals surface area (Å²) in [6.07, 6.45) is 7.57. The van der Waals surface area contributed by atoms with Crippen molar-refractivity contribution in [2.24, 2.45) is 9.98 Å². The Balaban J connectivity index is 0.000000189. The van der Waals surface area contributed by atoms with Crippen LogP contribution in [0.25, 0.3) is 22.3 Å². The van der Waals surface area contributed by atoms with Crippen LogP contribution in [0.1, 0.15) is 49.9 Å². The second-order valence-corrected chi connectivity index (χ2v) is 15.1. The third-order valence-corrected chi connectivity index (χ3v) is 11.7. The van der Waals surface area contributed by atoms with Gasteiger partial charge in [-0.3, -0.25) is 14.8 Å². The number of carbonyl (C=O) groups excluding carboxylic acids is 1. The summed E-state index contributed by atoms with van der Waals surface area (Å²) in [6.45, 7) is 8.81. The van der Waals surface area contributed by atoms with Crippen molar-refractivity contribution in [1.82, 2.24) is 10.2 Å². The highest BCUT2D eigenvalue weighted by molar-refractivity contribution is 8.00. The molecule has 2 atom stereocenters. The third-order valence-electron chi connectivity index (χ3n) is 9.05. The highest BCUT2D eigenvalue weighted by Gasteiger charge is 2.27. The molecular formula is C41H46N4O3S2. The summed E-state index contributed by atoms with van der Waals surface area (Å²) < 4.78 is 0. The summed E-state index contributed by atoms with van der Waals surface area (Å²) in [5, 5.41) is 23.5. The Bertz CT molecular complexity index is 1880. The maximum absolute atomic E-state index is 11.8. The fourth-order valence-corrected chi connectivity index (χ4v) is 9.12. The van der Waals surface area contributed by atoms with Gasteiger partial charge in [-0.25, -0.2) is 0 Å². The second kappa shape index (κ2) is 16.6. The molecule has 9 heteroatoms. The monoisotopic (exact) mass is 706 g/mol. The minimum absolute atomic E-state index is 0. The number of aromatic hydroxyl groups is 2.